The number of anilines is 1. The largest absolute Gasteiger partial charge is 0.497 e. The highest BCUT2D eigenvalue weighted by atomic mass is 16.5. The van der Waals surface area contributed by atoms with E-state index in [-0.39, 0.29) is 17.9 Å². The van der Waals surface area contributed by atoms with Gasteiger partial charge in [0.15, 0.2) is 0 Å². The van der Waals surface area contributed by atoms with E-state index in [1.165, 1.54) is 0 Å². The molecule has 4 nitrogen and oxygen atoms in total. The van der Waals surface area contributed by atoms with Crippen LogP contribution in [0.3, 0.4) is 0 Å². The maximum atomic E-state index is 11.9. The summed E-state index contributed by atoms with van der Waals surface area (Å²) in [6.07, 6.45) is 1.04. The number of ether oxygens (including phenoxy) is 1. The highest BCUT2D eigenvalue weighted by Crippen LogP contribution is 2.26. The van der Waals surface area contributed by atoms with Crippen LogP contribution < -0.4 is 15.0 Å². The van der Waals surface area contributed by atoms with Crippen molar-refractivity contribution in [2.75, 3.05) is 25.1 Å². The predicted octanol–water partition coefficient (Wildman–Crippen LogP) is 2.68. The number of hydrogen-bond acceptors (Lipinski definition) is 3. The summed E-state index contributed by atoms with van der Waals surface area (Å²) in [5, 5.41) is 3.17. The Bertz CT molecular complexity index is 487. The van der Waals surface area contributed by atoms with Crippen LogP contribution in [0.1, 0.15) is 27.2 Å². The summed E-state index contributed by atoms with van der Waals surface area (Å²) >= 11 is 0. The maximum Gasteiger partial charge on any atom is 0.222 e. The molecule has 1 aliphatic rings. The molecule has 2 atom stereocenters. The molecule has 2 rings (SSSR count). The van der Waals surface area contributed by atoms with E-state index in [0.717, 1.165) is 30.9 Å². The van der Waals surface area contributed by atoms with E-state index in [1.807, 2.05) is 26.0 Å². The van der Waals surface area contributed by atoms with E-state index in [0.29, 0.717) is 5.92 Å². The van der Waals surface area contributed by atoms with E-state index in [2.05, 4.69) is 29.3 Å². The Morgan fingerprint density at radius 3 is 2.81 bits per heavy atom. The Morgan fingerprint density at radius 1 is 1.38 bits per heavy atom. The second kappa shape index (κ2) is 6.83. The van der Waals surface area contributed by atoms with Gasteiger partial charge in [-0.2, -0.15) is 0 Å². The average molecular weight is 290 g/mol. The minimum absolute atomic E-state index is 0.0347. The Balaban J connectivity index is 2.07. The first-order chi connectivity index (χ1) is 9.99. The number of rotatable bonds is 4. The van der Waals surface area contributed by atoms with Gasteiger partial charge in [0.2, 0.25) is 5.91 Å². The van der Waals surface area contributed by atoms with Crippen molar-refractivity contribution in [3.05, 3.63) is 24.3 Å². The molecule has 0 aromatic heterocycles. The van der Waals surface area contributed by atoms with Crippen LogP contribution in [0.15, 0.2) is 24.3 Å². The van der Waals surface area contributed by atoms with E-state index in [4.69, 9.17) is 4.74 Å². The number of nitrogens with one attached hydrogen (secondary N) is 1. The van der Waals surface area contributed by atoms with Crippen LogP contribution >= 0.6 is 0 Å². The fraction of sp³-hybridized carbons (Fsp3) is 0.588. The number of carbonyl (C=O) groups is 1. The molecule has 1 aromatic rings. The summed E-state index contributed by atoms with van der Waals surface area (Å²) < 4.78 is 5.30. The fourth-order valence-corrected chi connectivity index (χ4v) is 2.84. The van der Waals surface area contributed by atoms with Crippen LogP contribution in [0, 0.1) is 11.8 Å². The molecule has 1 fully saturated rings. The van der Waals surface area contributed by atoms with Crippen LogP contribution in [0.2, 0.25) is 0 Å². The molecule has 0 spiro atoms. The van der Waals surface area contributed by atoms with Gasteiger partial charge in [-0.1, -0.05) is 26.8 Å². The third kappa shape index (κ3) is 4.13. The van der Waals surface area contributed by atoms with Gasteiger partial charge in [-0.25, -0.2) is 0 Å². The fourth-order valence-electron chi connectivity index (χ4n) is 2.84. The van der Waals surface area contributed by atoms with E-state index in [9.17, 15) is 4.79 Å². The molecular formula is C17H26N2O2. The van der Waals surface area contributed by atoms with Crippen LogP contribution in [0.25, 0.3) is 0 Å². The minimum Gasteiger partial charge on any atom is -0.497 e. The molecule has 1 heterocycles. The lowest BCUT2D eigenvalue weighted by atomic mass is 9.95. The van der Waals surface area contributed by atoms with Gasteiger partial charge >= 0.3 is 0 Å². The highest BCUT2D eigenvalue weighted by Gasteiger charge is 2.26. The van der Waals surface area contributed by atoms with Gasteiger partial charge < -0.3 is 15.0 Å². The van der Waals surface area contributed by atoms with Gasteiger partial charge in [-0.3, -0.25) is 4.79 Å². The first kappa shape index (κ1) is 15.7. The molecule has 0 radical (unpaired) electrons. The van der Waals surface area contributed by atoms with Gasteiger partial charge in [0.25, 0.3) is 0 Å². The molecule has 116 valence electrons. The maximum absolute atomic E-state index is 11.9. The third-order valence-electron chi connectivity index (χ3n) is 3.95. The lowest BCUT2D eigenvalue weighted by Gasteiger charge is -2.38. The van der Waals surface area contributed by atoms with Gasteiger partial charge in [0.05, 0.1) is 7.11 Å². The Morgan fingerprint density at radius 2 is 2.14 bits per heavy atom. The van der Waals surface area contributed by atoms with Gasteiger partial charge in [-0.05, 0) is 24.5 Å². The number of benzene rings is 1. The number of hydrogen-bond donors (Lipinski definition) is 1. The molecule has 1 aromatic carbocycles. The third-order valence-corrected chi connectivity index (χ3v) is 3.95. The second-order valence-corrected chi connectivity index (χ2v) is 6.31. The zero-order valence-corrected chi connectivity index (χ0v) is 13.4. The van der Waals surface area contributed by atoms with Crippen molar-refractivity contribution in [2.24, 2.45) is 11.8 Å². The highest BCUT2D eigenvalue weighted by molar-refractivity contribution is 5.78. The van der Waals surface area contributed by atoms with Crippen LogP contribution in [-0.2, 0) is 4.79 Å². The number of piperidine rings is 1. The summed E-state index contributed by atoms with van der Waals surface area (Å²) in [4.78, 5) is 14.2. The molecule has 0 aliphatic carbocycles. The summed E-state index contributed by atoms with van der Waals surface area (Å²) in [5.74, 6) is 1.60. The van der Waals surface area contributed by atoms with Gasteiger partial charge in [-0.15, -0.1) is 0 Å². The van der Waals surface area contributed by atoms with Crippen molar-refractivity contribution in [1.29, 1.82) is 0 Å². The minimum atomic E-state index is 0.0347. The first-order valence-corrected chi connectivity index (χ1v) is 7.69. The molecule has 0 bridgehead atoms. The van der Waals surface area contributed by atoms with E-state index < -0.39 is 0 Å². The summed E-state index contributed by atoms with van der Waals surface area (Å²) in [7, 11) is 1.68. The van der Waals surface area contributed by atoms with Crippen molar-refractivity contribution in [3.63, 3.8) is 0 Å². The first-order valence-electron chi connectivity index (χ1n) is 7.69. The molecular weight excluding hydrogens is 264 g/mol. The van der Waals surface area contributed by atoms with Crippen molar-refractivity contribution in [1.82, 2.24) is 5.32 Å². The average Bonchev–Trinajstić information content (AvgIpc) is 2.46. The number of amides is 1. The zero-order valence-electron chi connectivity index (χ0n) is 13.4. The van der Waals surface area contributed by atoms with Crippen LogP contribution in [0.5, 0.6) is 5.75 Å². The Labute approximate surface area is 127 Å². The Hall–Kier alpha value is -1.71. The van der Waals surface area contributed by atoms with E-state index >= 15 is 0 Å². The van der Waals surface area contributed by atoms with Crippen molar-refractivity contribution in [3.8, 4) is 5.75 Å². The smallest absolute Gasteiger partial charge is 0.222 e. The SMILES string of the molecule is COc1cccc(N2CC(C)CC(NC(=O)C(C)C)C2)c1. The topological polar surface area (TPSA) is 41.6 Å². The number of carbonyl (C=O) groups excluding carboxylic acids is 1. The standard InChI is InChI=1S/C17H26N2O2/c1-12(2)17(20)18-14-8-13(3)10-19(11-14)15-6-5-7-16(9-15)21-4/h5-7,9,12-14H,8,10-11H2,1-4H3,(H,18,20). The normalized spacial score (nSPS) is 22.2. The zero-order chi connectivity index (χ0) is 15.4. The monoisotopic (exact) mass is 290 g/mol. The van der Waals surface area contributed by atoms with Gasteiger partial charge in [0, 0.05) is 36.8 Å². The van der Waals surface area contributed by atoms with Crippen molar-refractivity contribution >= 4 is 11.6 Å². The lowest BCUT2D eigenvalue weighted by molar-refractivity contribution is -0.124. The quantitative estimate of drug-likeness (QED) is 0.927. The van der Waals surface area contributed by atoms with Crippen molar-refractivity contribution in [2.45, 2.75) is 33.2 Å². The van der Waals surface area contributed by atoms with Crippen molar-refractivity contribution < 1.29 is 9.53 Å². The molecule has 2 unspecified atom stereocenters. The van der Waals surface area contributed by atoms with Crippen LogP contribution in [0.4, 0.5) is 5.69 Å². The van der Waals surface area contributed by atoms with Crippen LogP contribution in [-0.4, -0.2) is 32.1 Å². The summed E-state index contributed by atoms with van der Waals surface area (Å²) in [6.45, 7) is 7.97. The van der Waals surface area contributed by atoms with Gasteiger partial charge in [0.1, 0.15) is 5.75 Å². The number of methoxy groups -OCH3 is 1. The molecule has 1 amide bonds. The number of nitrogens with zero attached hydrogens (tertiary/aromatic N) is 1. The molecule has 1 saturated heterocycles. The summed E-state index contributed by atoms with van der Waals surface area (Å²) in [5.41, 5.74) is 1.16. The molecule has 0 saturated carbocycles. The second-order valence-electron chi connectivity index (χ2n) is 6.31. The summed E-state index contributed by atoms with van der Waals surface area (Å²) in [6, 6.07) is 8.33. The molecule has 4 heteroatoms. The molecule has 1 aliphatic heterocycles. The van der Waals surface area contributed by atoms with E-state index in [1.54, 1.807) is 7.11 Å². The lowest BCUT2D eigenvalue weighted by Crippen LogP contribution is -2.51. The molecule has 1 N–H and O–H groups in total. The predicted molar refractivity (Wildman–Crippen MR) is 85.8 cm³/mol. The Kier molecular flexibility index (Phi) is 5.10. The molecule has 21 heavy (non-hydrogen) atoms.